The molecular weight excluding hydrogens is 286 g/mol. The van der Waals surface area contributed by atoms with Crippen molar-refractivity contribution in [2.75, 3.05) is 20.3 Å². The van der Waals surface area contributed by atoms with Gasteiger partial charge in [0.05, 0.1) is 25.2 Å². The molecule has 0 saturated carbocycles. The number of carbonyl (C=O) groups excluding carboxylic acids is 1. The number of aliphatic carboxylic acids is 1. The summed E-state index contributed by atoms with van der Waals surface area (Å²) in [5, 5.41) is 11.6. The van der Waals surface area contributed by atoms with E-state index in [9.17, 15) is 9.59 Å². The van der Waals surface area contributed by atoms with E-state index in [2.05, 4.69) is 5.32 Å². The van der Waals surface area contributed by atoms with Gasteiger partial charge in [0.15, 0.2) is 0 Å². The first-order valence-electron chi connectivity index (χ1n) is 7.15. The third-order valence-corrected chi connectivity index (χ3v) is 3.01. The highest BCUT2D eigenvalue weighted by Gasteiger charge is 2.29. The molecule has 0 aliphatic carbocycles. The zero-order valence-electron chi connectivity index (χ0n) is 13.0. The van der Waals surface area contributed by atoms with Crippen LogP contribution in [0.25, 0.3) is 0 Å². The number of nitrogens with one attached hydrogen (secondary N) is 1. The van der Waals surface area contributed by atoms with Crippen molar-refractivity contribution in [3.05, 3.63) is 30.3 Å². The van der Waals surface area contributed by atoms with Crippen molar-refractivity contribution in [3.8, 4) is 5.75 Å². The number of benzene rings is 1. The van der Waals surface area contributed by atoms with Crippen LogP contribution in [0.4, 0.5) is 0 Å². The SMILES string of the molecule is COCC(C)(CC(=O)O)NC(=O)CCCOc1ccccc1. The smallest absolute Gasteiger partial charge is 0.305 e. The van der Waals surface area contributed by atoms with Gasteiger partial charge in [-0.1, -0.05) is 18.2 Å². The molecule has 0 aromatic heterocycles. The lowest BCUT2D eigenvalue weighted by Crippen LogP contribution is -2.50. The number of hydrogen-bond acceptors (Lipinski definition) is 4. The number of para-hydroxylation sites is 1. The van der Waals surface area contributed by atoms with Gasteiger partial charge < -0.3 is 19.9 Å². The maximum absolute atomic E-state index is 11.9. The molecule has 0 heterocycles. The van der Waals surface area contributed by atoms with E-state index >= 15 is 0 Å². The minimum absolute atomic E-state index is 0.144. The van der Waals surface area contributed by atoms with Gasteiger partial charge in [-0.05, 0) is 25.5 Å². The van der Waals surface area contributed by atoms with Crippen molar-refractivity contribution in [2.24, 2.45) is 0 Å². The minimum atomic E-state index is -0.979. The molecule has 1 aromatic carbocycles. The van der Waals surface area contributed by atoms with Gasteiger partial charge >= 0.3 is 5.97 Å². The molecule has 1 aromatic rings. The summed E-state index contributed by atoms with van der Waals surface area (Å²) in [4.78, 5) is 22.8. The van der Waals surface area contributed by atoms with Gasteiger partial charge in [0, 0.05) is 13.5 Å². The van der Waals surface area contributed by atoms with Gasteiger partial charge in [-0.25, -0.2) is 0 Å². The maximum Gasteiger partial charge on any atom is 0.305 e. The number of carboxylic acids is 1. The Hall–Kier alpha value is -2.08. The highest BCUT2D eigenvalue weighted by Crippen LogP contribution is 2.12. The summed E-state index contributed by atoms with van der Waals surface area (Å²) < 4.78 is 10.5. The lowest BCUT2D eigenvalue weighted by atomic mass is 9.98. The number of hydrogen-bond donors (Lipinski definition) is 2. The maximum atomic E-state index is 11.9. The third kappa shape index (κ3) is 7.08. The van der Waals surface area contributed by atoms with Gasteiger partial charge in [0.1, 0.15) is 5.75 Å². The molecular formula is C16H23NO5. The van der Waals surface area contributed by atoms with Crippen molar-refractivity contribution >= 4 is 11.9 Å². The van der Waals surface area contributed by atoms with E-state index in [0.717, 1.165) is 5.75 Å². The van der Waals surface area contributed by atoms with Gasteiger partial charge in [-0.2, -0.15) is 0 Å². The molecule has 6 nitrogen and oxygen atoms in total. The van der Waals surface area contributed by atoms with Crippen molar-refractivity contribution in [2.45, 2.75) is 31.7 Å². The Labute approximate surface area is 130 Å². The van der Waals surface area contributed by atoms with E-state index < -0.39 is 11.5 Å². The van der Waals surface area contributed by atoms with Crippen LogP contribution in [0, 0.1) is 0 Å². The first-order chi connectivity index (χ1) is 10.4. The van der Waals surface area contributed by atoms with Crippen molar-refractivity contribution < 1.29 is 24.2 Å². The Morgan fingerprint density at radius 2 is 1.95 bits per heavy atom. The molecule has 2 N–H and O–H groups in total. The molecule has 1 amide bonds. The Bertz CT molecular complexity index is 477. The van der Waals surface area contributed by atoms with Crippen LogP contribution in [0.15, 0.2) is 30.3 Å². The quantitative estimate of drug-likeness (QED) is 0.644. The summed E-state index contributed by atoms with van der Waals surface area (Å²) in [6, 6.07) is 9.36. The summed E-state index contributed by atoms with van der Waals surface area (Å²) in [7, 11) is 1.47. The van der Waals surface area contributed by atoms with Gasteiger partial charge in [-0.15, -0.1) is 0 Å². The predicted molar refractivity (Wildman–Crippen MR) is 81.8 cm³/mol. The zero-order valence-corrected chi connectivity index (χ0v) is 13.0. The summed E-state index contributed by atoms with van der Waals surface area (Å²) in [5.41, 5.74) is -0.905. The second-order valence-corrected chi connectivity index (χ2v) is 5.38. The number of methoxy groups -OCH3 is 1. The minimum Gasteiger partial charge on any atom is -0.494 e. The number of amides is 1. The van der Waals surface area contributed by atoms with E-state index in [0.29, 0.717) is 13.0 Å². The molecule has 1 rings (SSSR count). The van der Waals surface area contributed by atoms with Crippen LogP contribution >= 0.6 is 0 Å². The van der Waals surface area contributed by atoms with E-state index in [4.69, 9.17) is 14.6 Å². The lowest BCUT2D eigenvalue weighted by Gasteiger charge is -2.28. The molecule has 0 bridgehead atoms. The molecule has 22 heavy (non-hydrogen) atoms. The van der Waals surface area contributed by atoms with E-state index in [-0.39, 0.29) is 25.4 Å². The van der Waals surface area contributed by atoms with Gasteiger partial charge in [0.25, 0.3) is 0 Å². The molecule has 0 fully saturated rings. The lowest BCUT2D eigenvalue weighted by molar-refractivity contribution is -0.139. The van der Waals surface area contributed by atoms with Crippen molar-refractivity contribution in [1.29, 1.82) is 0 Å². The predicted octanol–water partition coefficient (Wildman–Crippen LogP) is 1.84. The van der Waals surface area contributed by atoms with Crippen molar-refractivity contribution in [1.82, 2.24) is 5.32 Å². The molecule has 0 spiro atoms. The van der Waals surface area contributed by atoms with Crippen LogP contribution < -0.4 is 10.1 Å². The largest absolute Gasteiger partial charge is 0.494 e. The second kappa shape index (κ2) is 9.04. The first kappa shape index (κ1) is 18.0. The highest BCUT2D eigenvalue weighted by atomic mass is 16.5. The summed E-state index contributed by atoms with van der Waals surface area (Å²) in [5.74, 6) is -0.428. The molecule has 1 atom stereocenters. The van der Waals surface area contributed by atoms with Crippen LogP contribution in [-0.2, 0) is 14.3 Å². The number of ether oxygens (including phenoxy) is 2. The highest BCUT2D eigenvalue weighted by molar-refractivity contribution is 5.78. The summed E-state index contributed by atoms with van der Waals surface area (Å²) >= 11 is 0. The van der Waals surface area contributed by atoms with Crippen LogP contribution in [0.2, 0.25) is 0 Å². The standard InChI is InChI=1S/C16H23NO5/c1-16(12-21-2,11-15(19)20)17-14(18)9-6-10-22-13-7-4-3-5-8-13/h3-5,7-8H,6,9-12H2,1-2H3,(H,17,18)(H,19,20). The fourth-order valence-electron chi connectivity index (χ4n) is 2.12. The number of carbonyl (C=O) groups is 2. The van der Waals surface area contributed by atoms with E-state index in [1.165, 1.54) is 7.11 Å². The molecule has 0 aliphatic rings. The number of rotatable bonds is 10. The van der Waals surface area contributed by atoms with Gasteiger partial charge in [0.2, 0.25) is 5.91 Å². The second-order valence-electron chi connectivity index (χ2n) is 5.38. The molecule has 6 heteroatoms. The molecule has 0 aliphatic heterocycles. The first-order valence-corrected chi connectivity index (χ1v) is 7.15. The van der Waals surface area contributed by atoms with E-state index in [1.807, 2.05) is 30.3 Å². The Balaban J connectivity index is 2.33. The van der Waals surface area contributed by atoms with Crippen molar-refractivity contribution in [3.63, 3.8) is 0 Å². The Morgan fingerprint density at radius 1 is 1.27 bits per heavy atom. The summed E-state index contributed by atoms with van der Waals surface area (Å²) in [6.45, 7) is 2.23. The van der Waals surface area contributed by atoms with Crippen LogP contribution in [0.3, 0.4) is 0 Å². The topological polar surface area (TPSA) is 84.9 Å². The number of carboxylic acid groups (broad SMARTS) is 1. The molecule has 1 unspecified atom stereocenters. The third-order valence-electron chi connectivity index (χ3n) is 3.01. The fraction of sp³-hybridized carbons (Fsp3) is 0.500. The molecule has 122 valence electrons. The van der Waals surface area contributed by atoms with Crippen LogP contribution in [-0.4, -0.2) is 42.8 Å². The average molecular weight is 309 g/mol. The van der Waals surface area contributed by atoms with Crippen LogP contribution in [0.5, 0.6) is 5.75 Å². The van der Waals surface area contributed by atoms with E-state index in [1.54, 1.807) is 6.92 Å². The fourth-order valence-corrected chi connectivity index (χ4v) is 2.12. The van der Waals surface area contributed by atoms with Gasteiger partial charge in [-0.3, -0.25) is 9.59 Å². The average Bonchev–Trinajstić information content (AvgIpc) is 2.43. The molecule has 0 radical (unpaired) electrons. The normalized spacial score (nSPS) is 13.2. The zero-order chi connectivity index (χ0) is 16.4. The Kier molecular flexibility index (Phi) is 7.39. The molecule has 0 saturated heterocycles. The summed E-state index contributed by atoms with van der Waals surface area (Å²) in [6.07, 6.45) is 0.635. The van der Waals surface area contributed by atoms with Crippen LogP contribution in [0.1, 0.15) is 26.2 Å². The Morgan fingerprint density at radius 3 is 2.55 bits per heavy atom. The monoisotopic (exact) mass is 309 g/mol.